The van der Waals surface area contributed by atoms with Gasteiger partial charge in [-0.3, -0.25) is 0 Å². The van der Waals surface area contributed by atoms with Gasteiger partial charge in [-0.05, 0) is 42.8 Å². The monoisotopic (exact) mass is 420 g/mol. The van der Waals surface area contributed by atoms with Crippen LogP contribution in [-0.4, -0.2) is 31.3 Å². The average molecular weight is 422 g/mol. The summed E-state index contributed by atoms with van der Waals surface area (Å²) in [7, 11) is 0. The maximum Gasteiger partial charge on any atom is 0.138 e. The molecule has 0 aliphatic rings. The summed E-state index contributed by atoms with van der Waals surface area (Å²) in [6, 6.07) is 15.9. The maximum absolute atomic E-state index is 8.67. The highest BCUT2D eigenvalue weighted by atomic mass is 35.5. The number of aliphatic hydroxyl groups excluding tert-OH is 1. The van der Waals surface area contributed by atoms with E-state index in [2.05, 4.69) is 10.6 Å². The third-order valence-corrected chi connectivity index (χ3v) is 3.85. The molecule has 0 aromatic heterocycles. The predicted octanol–water partition coefficient (Wildman–Crippen LogP) is 3.82. The lowest BCUT2D eigenvalue weighted by Gasteiger charge is -2.10. The normalized spacial score (nSPS) is 9.92. The summed E-state index contributed by atoms with van der Waals surface area (Å²) in [5, 5.41) is 15.8. The van der Waals surface area contributed by atoms with Crippen LogP contribution in [0.5, 0.6) is 5.75 Å². The SMILES string of the molecule is Cl.Cl.OCCNCCCNCc1ccc(OCc2ccccc2)c(Cl)c1. The molecule has 0 aliphatic carbocycles. The van der Waals surface area contributed by atoms with Gasteiger partial charge in [-0.1, -0.05) is 48.0 Å². The third kappa shape index (κ3) is 9.62. The van der Waals surface area contributed by atoms with Gasteiger partial charge in [0.25, 0.3) is 0 Å². The first-order valence-corrected chi connectivity index (χ1v) is 8.65. The van der Waals surface area contributed by atoms with Gasteiger partial charge in [0.1, 0.15) is 12.4 Å². The summed E-state index contributed by atoms with van der Waals surface area (Å²) in [4.78, 5) is 0. The minimum absolute atomic E-state index is 0. The van der Waals surface area contributed by atoms with E-state index in [1.54, 1.807) is 0 Å². The highest BCUT2D eigenvalue weighted by molar-refractivity contribution is 6.32. The van der Waals surface area contributed by atoms with E-state index in [1.165, 1.54) is 0 Å². The second-order valence-electron chi connectivity index (χ2n) is 5.54. The number of halogens is 3. The van der Waals surface area contributed by atoms with Crippen LogP contribution in [0.25, 0.3) is 0 Å². The maximum atomic E-state index is 8.67. The first-order chi connectivity index (χ1) is 11.8. The largest absolute Gasteiger partial charge is 0.487 e. The van der Waals surface area contributed by atoms with E-state index >= 15 is 0 Å². The molecule has 2 rings (SSSR count). The molecular formula is C19H27Cl3N2O2. The van der Waals surface area contributed by atoms with Crippen molar-refractivity contribution in [3.05, 3.63) is 64.7 Å². The Balaban J connectivity index is 0.00000312. The van der Waals surface area contributed by atoms with E-state index in [1.807, 2.05) is 48.5 Å². The molecule has 2 aromatic carbocycles. The molecule has 0 saturated carbocycles. The third-order valence-electron chi connectivity index (χ3n) is 3.56. The van der Waals surface area contributed by atoms with E-state index in [9.17, 15) is 0 Å². The minimum Gasteiger partial charge on any atom is -0.487 e. The Morgan fingerprint density at radius 3 is 2.31 bits per heavy atom. The smallest absolute Gasteiger partial charge is 0.138 e. The molecule has 2 aromatic rings. The zero-order valence-electron chi connectivity index (χ0n) is 14.6. The van der Waals surface area contributed by atoms with Gasteiger partial charge < -0.3 is 20.5 Å². The Hall–Kier alpha value is -1.01. The molecule has 0 saturated heterocycles. The van der Waals surface area contributed by atoms with Gasteiger partial charge in [0.05, 0.1) is 11.6 Å². The summed E-state index contributed by atoms with van der Waals surface area (Å²) in [5.41, 5.74) is 2.25. The fourth-order valence-electron chi connectivity index (χ4n) is 2.28. The fourth-order valence-corrected chi connectivity index (χ4v) is 2.54. The molecule has 0 aliphatic heterocycles. The van der Waals surface area contributed by atoms with Crippen molar-refractivity contribution in [1.29, 1.82) is 0 Å². The summed E-state index contributed by atoms with van der Waals surface area (Å²) in [5.74, 6) is 0.706. The number of ether oxygens (including phenoxy) is 1. The van der Waals surface area contributed by atoms with Crippen LogP contribution in [0.1, 0.15) is 17.5 Å². The van der Waals surface area contributed by atoms with Crippen molar-refractivity contribution in [2.45, 2.75) is 19.6 Å². The average Bonchev–Trinajstić information content (AvgIpc) is 2.61. The molecular weight excluding hydrogens is 395 g/mol. The van der Waals surface area contributed by atoms with Crippen molar-refractivity contribution in [2.75, 3.05) is 26.2 Å². The standard InChI is InChI=1S/C19H25ClN2O2.2ClH/c20-18-13-17(14-22-10-4-9-21-11-12-23)7-8-19(18)24-15-16-5-2-1-3-6-16;;/h1-3,5-8,13,21-23H,4,9-12,14-15H2;2*1H. The van der Waals surface area contributed by atoms with Gasteiger partial charge in [0, 0.05) is 13.1 Å². The van der Waals surface area contributed by atoms with Crippen molar-refractivity contribution < 1.29 is 9.84 Å². The van der Waals surface area contributed by atoms with Gasteiger partial charge >= 0.3 is 0 Å². The van der Waals surface area contributed by atoms with Gasteiger partial charge in [-0.2, -0.15) is 0 Å². The Bertz CT molecular complexity index is 601. The van der Waals surface area contributed by atoms with Crippen LogP contribution < -0.4 is 15.4 Å². The lowest BCUT2D eigenvalue weighted by atomic mass is 10.2. The molecule has 3 N–H and O–H groups in total. The van der Waals surface area contributed by atoms with Crippen LogP contribution in [-0.2, 0) is 13.2 Å². The number of aliphatic hydroxyl groups is 1. The molecule has 0 atom stereocenters. The molecule has 0 heterocycles. The zero-order valence-corrected chi connectivity index (χ0v) is 17.0. The molecule has 0 spiro atoms. The van der Waals surface area contributed by atoms with Gasteiger partial charge in [0.15, 0.2) is 0 Å². The lowest BCUT2D eigenvalue weighted by Crippen LogP contribution is -2.23. The van der Waals surface area contributed by atoms with E-state index in [0.29, 0.717) is 23.9 Å². The molecule has 7 heteroatoms. The molecule has 0 fully saturated rings. The van der Waals surface area contributed by atoms with Crippen molar-refractivity contribution in [3.63, 3.8) is 0 Å². The van der Waals surface area contributed by atoms with Crippen LogP contribution in [0.3, 0.4) is 0 Å². The number of hydrogen-bond acceptors (Lipinski definition) is 4. The summed E-state index contributed by atoms with van der Waals surface area (Å²) >= 11 is 6.31. The molecule has 0 unspecified atom stereocenters. The second kappa shape index (κ2) is 15.1. The van der Waals surface area contributed by atoms with E-state index in [0.717, 1.165) is 37.2 Å². The van der Waals surface area contributed by atoms with Crippen LogP contribution in [0, 0.1) is 0 Å². The molecule has 4 nitrogen and oxygen atoms in total. The predicted molar refractivity (Wildman–Crippen MR) is 113 cm³/mol. The first-order valence-electron chi connectivity index (χ1n) is 8.27. The Morgan fingerprint density at radius 2 is 1.62 bits per heavy atom. The number of nitrogens with one attached hydrogen (secondary N) is 2. The highest BCUT2D eigenvalue weighted by Gasteiger charge is 2.04. The van der Waals surface area contributed by atoms with Crippen molar-refractivity contribution >= 4 is 36.4 Å². The van der Waals surface area contributed by atoms with Crippen LogP contribution in [0.15, 0.2) is 48.5 Å². The highest BCUT2D eigenvalue weighted by Crippen LogP contribution is 2.26. The summed E-state index contributed by atoms with van der Waals surface area (Å²) in [6.45, 7) is 3.95. The van der Waals surface area contributed by atoms with Crippen LogP contribution in [0.2, 0.25) is 5.02 Å². The quantitative estimate of drug-likeness (QED) is 0.483. The summed E-state index contributed by atoms with van der Waals surface area (Å²) in [6.07, 6.45) is 1.02. The number of benzene rings is 2. The van der Waals surface area contributed by atoms with Crippen molar-refractivity contribution in [2.24, 2.45) is 0 Å². The van der Waals surface area contributed by atoms with Gasteiger partial charge in [-0.15, -0.1) is 24.8 Å². The molecule has 0 amide bonds. The molecule has 0 radical (unpaired) electrons. The van der Waals surface area contributed by atoms with E-state index in [4.69, 9.17) is 21.4 Å². The minimum atomic E-state index is 0. The molecule has 146 valence electrons. The Kier molecular flexibility index (Phi) is 14.5. The topological polar surface area (TPSA) is 53.5 Å². The number of rotatable bonds is 11. The summed E-state index contributed by atoms with van der Waals surface area (Å²) < 4.78 is 5.78. The first kappa shape index (κ1) is 25.0. The fraction of sp³-hybridized carbons (Fsp3) is 0.368. The Labute approximate surface area is 173 Å². The van der Waals surface area contributed by atoms with E-state index in [-0.39, 0.29) is 31.4 Å². The lowest BCUT2D eigenvalue weighted by molar-refractivity contribution is 0.292. The second-order valence-corrected chi connectivity index (χ2v) is 5.95. The van der Waals surface area contributed by atoms with Crippen LogP contribution >= 0.6 is 36.4 Å². The van der Waals surface area contributed by atoms with Crippen LogP contribution in [0.4, 0.5) is 0 Å². The Morgan fingerprint density at radius 1 is 0.885 bits per heavy atom. The van der Waals surface area contributed by atoms with E-state index < -0.39 is 0 Å². The molecule has 26 heavy (non-hydrogen) atoms. The zero-order chi connectivity index (χ0) is 17.0. The van der Waals surface area contributed by atoms with Crippen molar-refractivity contribution in [3.8, 4) is 5.75 Å². The number of hydrogen-bond donors (Lipinski definition) is 3. The van der Waals surface area contributed by atoms with Crippen molar-refractivity contribution in [1.82, 2.24) is 10.6 Å². The van der Waals surface area contributed by atoms with Gasteiger partial charge in [-0.25, -0.2) is 0 Å². The van der Waals surface area contributed by atoms with Gasteiger partial charge in [0.2, 0.25) is 0 Å². The molecule has 0 bridgehead atoms.